The van der Waals surface area contributed by atoms with Crippen molar-refractivity contribution >= 4 is 34.6 Å². The van der Waals surface area contributed by atoms with E-state index in [2.05, 4.69) is 20.4 Å². The molecule has 1 aromatic carbocycles. The summed E-state index contributed by atoms with van der Waals surface area (Å²) in [7, 11) is 1.61. The van der Waals surface area contributed by atoms with Gasteiger partial charge in [-0.2, -0.15) is 5.10 Å². The van der Waals surface area contributed by atoms with Gasteiger partial charge in [0.25, 0.3) is 5.91 Å². The Hall–Kier alpha value is -2.18. The molecule has 132 valence electrons. The normalized spacial score (nSPS) is 15.6. The van der Waals surface area contributed by atoms with Crippen molar-refractivity contribution in [3.8, 4) is 5.75 Å². The van der Waals surface area contributed by atoms with Crippen molar-refractivity contribution in [2.24, 2.45) is 5.10 Å². The number of carbonyl (C=O) groups is 1. The molecule has 0 spiro atoms. The number of methoxy groups -OCH3 is 1. The van der Waals surface area contributed by atoms with E-state index in [1.165, 1.54) is 12.6 Å². The Labute approximate surface area is 151 Å². The molecule has 1 amide bonds. The quantitative estimate of drug-likeness (QED) is 0.506. The zero-order valence-electron chi connectivity index (χ0n) is 14.2. The Morgan fingerprint density at radius 2 is 2.16 bits per heavy atom. The van der Waals surface area contributed by atoms with E-state index in [-0.39, 0.29) is 5.91 Å². The minimum atomic E-state index is -0.118. The molecular formula is C18H21ClN4O2. The highest BCUT2D eigenvalue weighted by Gasteiger charge is 2.13. The summed E-state index contributed by atoms with van der Waals surface area (Å²) in [5.41, 5.74) is 3.95. The Balaban J connectivity index is 1.64. The Morgan fingerprint density at radius 1 is 1.36 bits per heavy atom. The van der Waals surface area contributed by atoms with Crippen LogP contribution in [0.15, 0.2) is 29.4 Å². The maximum atomic E-state index is 11.9. The van der Waals surface area contributed by atoms with Gasteiger partial charge in [-0.05, 0) is 44.1 Å². The molecule has 0 saturated carbocycles. The molecule has 25 heavy (non-hydrogen) atoms. The van der Waals surface area contributed by atoms with Crippen molar-refractivity contribution in [2.45, 2.75) is 19.3 Å². The molecule has 3 rings (SSSR count). The Bertz CT molecular complexity index is 788. The second-order valence-corrected chi connectivity index (χ2v) is 6.42. The zero-order chi connectivity index (χ0) is 17.6. The third kappa shape index (κ3) is 4.67. The fraction of sp³-hybridized carbons (Fsp3) is 0.389. The van der Waals surface area contributed by atoms with Gasteiger partial charge in [-0.3, -0.25) is 9.69 Å². The number of hydrogen-bond acceptors (Lipinski definition) is 5. The van der Waals surface area contributed by atoms with Crippen LogP contribution in [0.3, 0.4) is 0 Å². The number of pyridine rings is 1. The number of benzene rings is 1. The lowest BCUT2D eigenvalue weighted by atomic mass is 10.1. The minimum absolute atomic E-state index is 0.118. The van der Waals surface area contributed by atoms with Gasteiger partial charge in [-0.1, -0.05) is 18.0 Å². The molecule has 1 aliphatic heterocycles. The van der Waals surface area contributed by atoms with E-state index in [0.717, 1.165) is 42.6 Å². The molecule has 6 nitrogen and oxygen atoms in total. The van der Waals surface area contributed by atoms with Crippen molar-refractivity contribution < 1.29 is 9.53 Å². The predicted molar refractivity (Wildman–Crippen MR) is 99.3 cm³/mol. The van der Waals surface area contributed by atoms with Crippen molar-refractivity contribution in [2.75, 3.05) is 26.7 Å². The van der Waals surface area contributed by atoms with Crippen LogP contribution >= 0.6 is 11.6 Å². The highest BCUT2D eigenvalue weighted by molar-refractivity contribution is 6.32. The van der Waals surface area contributed by atoms with Crippen LogP contribution in [0.4, 0.5) is 0 Å². The molecule has 2 aromatic rings. The first-order valence-corrected chi connectivity index (χ1v) is 8.72. The van der Waals surface area contributed by atoms with Crippen LogP contribution in [0, 0.1) is 0 Å². The standard InChI is InChI=1S/C18H21ClN4O2/c1-25-15-6-5-13-9-14(18(19)21-16(13)10-15)11-20-22-17(24)12-23-7-3-2-4-8-23/h5-6,9-11H,2-4,7-8,12H2,1H3,(H,22,24)/b20-11+. The predicted octanol–water partition coefficient (Wildman–Crippen LogP) is 2.83. The number of hydrogen-bond donors (Lipinski definition) is 1. The summed E-state index contributed by atoms with van der Waals surface area (Å²) < 4.78 is 5.19. The second-order valence-electron chi connectivity index (χ2n) is 6.06. The van der Waals surface area contributed by atoms with Gasteiger partial charge in [-0.25, -0.2) is 10.4 Å². The number of halogens is 1. The van der Waals surface area contributed by atoms with E-state index in [4.69, 9.17) is 16.3 Å². The zero-order valence-corrected chi connectivity index (χ0v) is 14.9. The van der Waals surface area contributed by atoms with Crippen molar-refractivity contribution in [1.82, 2.24) is 15.3 Å². The maximum Gasteiger partial charge on any atom is 0.254 e. The first-order valence-electron chi connectivity index (χ1n) is 8.34. The molecule has 0 bridgehead atoms. The topological polar surface area (TPSA) is 66.8 Å². The molecule has 1 fully saturated rings. The third-order valence-electron chi connectivity index (χ3n) is 4.21. The number of hydrazone groups is 1. The first kappa shape index (κ1) is 17.6. The molecule has 7 heteroatoms. The average Bonchev–Trinajstić information content (AvgIpc) is 2.62. The number of ether oxygens (including phenoxy) is 1. The molecule has 1 saturated heterocycles. The van der Waals surface area contributed by atoms with Gasteiger partial charge in [-0.15, -0.1) is 0 Å². The van der Waals surface area contributed by atoms with Gasteiger partial charge in [0.2, 0.25) is 0 Å². The molecule has 1 aliphatic rings. The van der Waals surface area contributed by atoms with E-state index >= 15 is 0 Å². The largest absolute Gasteiger partial charge is 0.497 e. The van der Waals surface area contributed by atoms with E-state index < -0.39 is 0 Å². The number of likely N-dealkylation sites (tertiary alicyclic amines) is 1. The van der Waals surface area contributed by atoms with Gasteiger partial charge < -0.3 is 4.74 Å². The smallest absolute Gasteiger partial charge is 0.254 e. The van der Waals surface area contributed by atoms with Gasteiger partial charge in [0.15, 0.2) is 0 Å². The van der Waals surface area contributed by atoms with E-state index in [0.29, 0.717) is 17.3 Å². The minimum Gasteiger partial charge on any atom is -0.497 e. The van der Waals surface area contributed by atoms with E-state index in [1.807, 2.05) is 24.3 Å². The van der Waals surface area contributed by atoms with Crippen molar-refractivity contribution in [1.29, 1.82) is 0 Å². The van der Waals surface area contributed by atoms with Crippen LogP contribution in [0.25, 0.3) is 10.9 Å². The lowest BCUT2D eigenvalue weighted by molar-refractivity contribution is -0.122. The number of rotatable bonds is 5. The van der Waals surface area contributed by atoms with Crippen LogP contribution in [-0.4, -0.2) is 48.7 Å². The number of nitrogens with one attached hydrogen (secondary N) is 1. The monoisotopic (exact) mass is 360 g/mol. The summed E-state index contributed by atoms with van der Waals surface area (Å²) in [6.07, 6.45) is 5.07. The lowest BCUT2D eigenvalue weighted by Gasteiger charge is -2.25. The summed E-state index contributed by atoms with van der Waals surface area (Å²) in [5.74, 6) is 0.607. The summed E-state index contributed by atoms with van der Waals surface area (Å²) in [4.78, 5) is 18.4. The fourth-order valence-electron chi connectivity index (χ4n) is 2.89. The number of piperidine rings is 1. The number of fused-ring (bicyclic) bond motifs is 1. The highest BCUT2D eigenvalue weighted by atomic mass is 35.5. The third-order valence-corrected chi connectivity index (χ3v) is 4.52. The van der Waals surface area contributed by atoms with Crippen LogP contribution in [0.1, 0.15) is 24.8 Å². The lowest BCUT2D eigenvalue weighted by Crippen LogP contribution is -2.38. The fourth-order valence-corrected chi connectivity index (χ4v) is 3.08. The average molecular weight is 361 g/mol. The summed E-state index contributed by atoms with van der Waals surface area (Å²) >= 11 is 6.21. The molecule has 0 unspecified atom stereocenters. The molecule has 2 heterocycles. The summed E-state index contributed by atoms with van der Waals surface area (Å²) in [6.45, 7) is 2.32. The summed E-state index contributed by atoms with van der Waals surface area (Å²) in [5, 5.41) is 5.26. The number of amides is 1. The molecule has 1 aromatic heterocycles. The Kier molecular flexibility index (Phi) is 5.83. The number of aromatic nitrogens is 1. The van der Waals surface area contributed by atoms with Crippen molar-refractivity contribution in [3.05, 3.63) is 35.0 Å². The van der Waals surface area contributed by atoms with Crippen molar-refractivity contribution in [3.63, 3.8) is 0 Å². The molecular weight excluding hydrogens is 340 g/mol. The van der Waals surface area contributed by atoms with Gasteiger partial charge in [0.1, 0.15) is 10.9 Å². The van der Waals surface area contributed by atoms with Crippen LogP contribution < -0.4 is 10.2 Å². The van der Waals surface area contributed by atoms with Gasteiger partial charge in [0, 0.05) is 17.0 Å². The second kappa shape index (κ2) is 8.27. The SMILES string of the molecule is COc1ccc2cc(/C=N/NC(=O)CN3CCCCC3)c(Cl)nc2c1. The van der Waals surface area contributed by atoms with Gasteiger partial charge in [0.05, 0.1) is 25.4 Å². The highest BCUT2D eigenvalue weighted by Crippen LogP contribution is 2.23. The number of nitrogens with zero attached hydrogens (tertiary/aromatic N) is 3. The maximum absolute atomic E-state index is 11.9. The molecule has 1 N–H and O–H groups in total. The Morgan fingerprint density at radius 3 is 2.92 bits per heavy atom. The number of carbonyl (C=O) groups excluding carboxylic acids is 1. The van der Waals surface area contributed by atoms with E-state index in [9.17, 15) is 4.79 Å². The molecule has 0 radical (unpaired) electrons. The van der Waals surface area contributed by atoms with Crippen LogP contribution in [-0.2, 0) is 4.79 Å². The first-order chi connectivity index (χ1) is 12.2. The van der Waals surface area contributed by atoms with E-state index in [1.54, 1.807) is 7.11 Å². The molecule has 0 atom stereocenters. The van der Waals surface area contributed by atoms with Crippen LogP contribution in [0.2, 0.25) is 5.15 Å². The summed E-state index contributed by atoms with van der Waals surface area (Å²) in [6, 6.07) is 7.47. The molecule has 0 aliphatic carbocycles. The van der Waals surface area contributed by atoms with Crippen LogP contribution in [0.5, 0.6) is 5.75 Å². The van der Waals surface area contributed by atoms with Gasteiger partial charge >= 0.3 is 0 Å².